The monoisotopic (exact) mass is 453 g/mol. The lowest BCUT2D eigenvalue weighted by Crippen LogP contribution is -2.28. The number of non-ortho nitro benzene ring substituents is 1. The zero-order valence-electron chi connectivity index (χ0n) is 16.6. The van der Waals surface area contributed by atoms with Crippen molar-refractivity contribution in [2.24, 2.45) is 0 Å². The number of nitrogens with zero attached hydrogens (tertiary/aromatic N) is 2. The number of nitrogens with one attached hydrogen (secondary N) is 1. The molecule has 0 aliphatic carbocycles. The van der Waals surface area contributed by atoms with Gasteiger partial charge in [0.1, 0.15) is 12.4 Å². The summed E-state index contributed by atoms with van der Waals surface area (Å²) in [5.74, 6) is -0.968. The highest BCUT2D eigenvalue weighted by Crippen LogP contribution is 2.31. The number of oxazole rings is 1. The Morgan fingerprint density at radius 2 is 2.00 bits per heavy atom. The van der Waals surface area contributed by atoms with Crippen LogP contribution in [0.5, 0.6) is 5.75 Å². The number of benzene rings is 2. The van der Waals surface area contributed by atoms with Crippen molar-refractivity contribution < 1.29 is 32.0 Å². The van der Waals surface area contributed by atoms with E-state index in [1.165, 1.54) is 28.8 Å². The molecule has 1 aromatic heterocycles. The van der Waals surface area contributed by atoms with Gasteiger partial charge in [0.05, 0.1) is 28.6 Å². The molecule has 0 bridgehead atoms. The average Bonchev–Trinajstić information content (AvgIpc) is 3.05. The highest BCUT2D eigenvalue weighted by atomic mass is 19.4. The number of nitro groups is 1. The maximum atomic E-state index is 12.7. The van der Waals surface area contributed by atoms with Crippen LogP contribution in [0.3, 0.4) is 0 Å². The van der Waals surface area contributed by atoms with Gasteiger partial charge in [0, 0.05) is 19.0 Å². The summed E-state index contributed by atoms with van der Waals surface area (Å²) in [4.78, 5) is 34.1. The molecule has 1 heterocycles. The molecule has 0 aliphatic rings. The largest absolute Gasteiger partial charge is 0.492 e. The molecule has 3 aromatic rings. The maximum absolute atomic E-state index is 12.7. The van der Waals surface area contributed by atoms with Crippen molar-refractivity contribution in [3.05, 3.63) is 68.7 Å². The predicted molar refractivity (Wildman–Crippen MR) is 106 cm³/mol. The number of hydrogen-bond acceptors (Lipinski definition) is 6. The molecule has 0 spiro atoms. The molecule has 1 amide bonds. The minimum atomic E-state index is -4.47. The van der Waals surface area contributed by atoms with Gasteiger partial charge < -0.3 is 14.5 Å². The summed E-state index contributed by atoms with van der Waals surface area (Å²) < 4.78 is 49.5. The minimum absolute atomic E-state index is 0.0162. The number of rotatable bonds is 9. The van der Waals surface area contributed by atoms with Crippen LogP contribution in [0.2, 0.25) is 0 Å². The van der Waals surface area contributed by atoms with Crippen molar-refractivity contribution in [1.82, 2.24) is 9.88 Å². The van der Waals surface area contributed by atoms with Crippen LogP contribution in [0.15, 0.2) is 51.7 Å². The fourth-order valence-electron chi connectivity index (χ4n) is 2.99. The van der Waals surface area contributed by atoms with Crippen molar-refractivity contribution in [3.63, 3.8) is 0 Å². The number of hydrogen-bond donors (Lipinski definition) is 1. The number of aryl methyl sites for hydroxylation is 1. The molecule has 0 fully saturated rings. The smallest absolute Gasteiger partial charge is 0.419 e. The minimum Gasteiger partial charge on any atom is -0.492 e. The van der Waals surface area contributed by atoms with Crippen LogP contribution >= 0.6 is 0 Å². The van der Waals surface area contributed by atoms with Gasteiger partial charge in [-0.3, -0.25) is 19.5 Å². The van der Waals surface area contributed by atoms with E-state index in [1.807, 2.05) is 0 Å². The Balaban J connectivity index is 1.44. The molecule has 2 aromatic carbocycles. The highest BCUT2D eigenvalue weighted by Gasteiger charge is 2.30. The summed E-state index contributed by atoms with van der Waals surface area (Å²) in [6.45, 7) is 0.239. The lowest BCUT2D eigenvalue weighted by Gasteiger charge is -2.11. The number of halogens is 3. The molecule has 0 radical (unpaired) electrons. The summed E-state index contributed by atoms with van der Waals surface area (Å²) in [6, 6.07) is 8.25. The van der Waals surface area contributed by atoms with E-state index < -0.39 is 22.4 Å². The standard InChI is InChI=1S/C20H18F3N3O6/c21-20(22,23)13-3-1-4-15(11-13)31-10-8-24-18(27)5-2-9-25-16-7-6-14(26(29)30)12-17(16)32-19(25)28/h1,3-4,6-7,11-12H,2,5,8-10H2,(H,24,27). The van der Waals surface area contributed by atoms with E-state index in [0.717, 1.165) is 18.2 Å². The molecule has 1 N–H and O–H groups in total. The van der Waals surface area contributed by atoms with Crippen molar-refractivity contribution >= 4 is 22.7 Å². The van der Waals surface area contributed by atoms with E-state index in [-0.39, 0.29) is 49.0 Å². The topological polar surface area (TPSA) is 117 Å². The number of aromatic nitrogens is 1. The fourth-order valence-corrected chi connectivity index (χ4v) is 2.99. The summed E-state index contributed by atoms with van der Waals surface area (Å²) >= 11 is 0. The second kappa shape index (κ2) is 9.54. The third-order valence-corrected chi connectivity index (χ3v) is 4.50. The first-order chi connectivity index (χ1) is 15.1. The Labute approximate surface area is 178 Å². The molecule has 0 saturated heterocycles. The van der Waals surface area contributed by atoms with Gasteiger partial charge in [-0.1, -0.05) is 6.07 Å². The molecule has 0 unspecified atom stereocenters. The molecule has 0 aliphatic heterocycles. The number of fused-ring (bicyclic) bond motifs is 1. The number of nitro benzene ring substituents is 1. The Kier molecular flexibility index (Phi) is 6.81. The van der Waals surface area contributed by atoms with Gasteiger partial charge in [0.15, 0.2) is 5.58 Å². The normalized spacial score (nSPS) is 11.5. The lowest BCUT2D eigenvalue weighted by atomic mass is 10.2. The second-order valence-corrected chi connectivity index (χ2v) is 6.76. The molecule has 32 heavy (non-hydrogen) atoms. The van der Waals surface area contributed by atoms with Gasteiger partial charge in [-0.2, -0.15) is 13.2 Å². The van der Waals surface area contributed by atoms with Crippen molar-refractivity contribution in [2.45, 2.75) is 25.6 Å². The van der Waals surface area contributed by atoms with Crippen LogP contribution in [-0.2, 0) is 17.5 Å². The van der Waals surface area contributed by atoms with E-state index in [2.05, 4.69) is 5.32 Å². The van der Waals surface area contributed by atoms with Crippen LogP contribution < -0.4 is 15.8 Å². The number of carbonyl (C=O) groups is 1. The zero-order chi connectivity index (χ0) is 23.3. The summed E-state index contributed by atoms with van der Waals surface area (Å²) in [7, 11) is 0. The van der Waals surface area contributed by atoms with Gasteiger partial charge in [0.25, 0.3) is 5.69 Å². The molecule has 12 heteroatoms. The summed E-state index contributed by atoms with van der Waals surface area (Å²) in [5.41, 5.74) is -0.559. The fraction of sp³-hybridized carbons (Fsp3) is 0.300. The molecule has 170 valence electrons. The lowest BCUT2D eigenvalue weighted by molar-refractivity contribution is -0.384. The first-order valence-electron chi connectivity index (χ1n) is 9.49. The maximum Gasteiger partial charge on any atom is 0.419 e. The second-order valence-electron chi connectivity index (χ2n) is 6.76. The SMILES string of the molecule is O=C(CCCn1c(=O)oc2cc([N+](=O)[O-])ccc21)NCCOc1cccc(C(F)(F)F)c1. The molecular weight excluding hydrogens is 435 g/mol. The van der Waals surface area contributed by atoms with Crippen molar-refractivity contribution in [1.29, 1.82) is 0 Å². The van der Waals surface area contributed by atoms with Gasteiger partial charge in [0.2, 0.25) is 5.91 Å². The summed E-state index contributed by atoms with van der Waals surface area (Å²) in [5, 5.41) is 13.4. The van der Waals surface area contributed by atoms with Gasteiger partial charge in [-0.05, 0) is 30.7 Å². The van der Waals surface area contributed by atoms with Crippen LogP contribution in [-0.4, -0.2) is 28.5 Å². The van der Waals surface area contributed by atoms with Crippen molar-refractivity contribution in [3.8, 4) is 5.75 Å². The number of alkyl halides is 3. The van der Waals surface area contributed by atoms with E-state index in [1.54, 1.807) is 0 Å². The Morgan fingerprint density at radius 1 is 1.22 bits per heavy atom. The zero-order valence-corrected chi connectivity index (χ0v) is 16.6. The van der Waals surface area contributed by atoms with Crippen LogP contribution in [0, 0.1) is 10.1 Å². The van der Waals surface area contributed by atoms with Gasteiger partial charge >= 0.3 is 11.9 Å². The third-order valence-electron chi connectivity index (χ3n) is 4.50. The van der Waals surface area contributed by atoms with Crippen molar-refractivity contribution in [2.75, 3.05) is 13.2 Å². The number of amides is 1. The Morgan fingerprint density at radius 3 is 2.72 bits per heavy atom. The average molecular weight is 453 g/mol. The molecule has 9 nitrogen and oxygen atoms in total. The van der Waals surface area contributed by atoms with E-state index in [0.29, 0.717) is 11.9 Å². The first-order valence-corrected chi connectivity index (χ1v) is 9.49. The molecular formula is C20H18F3N3O6. The van der Waals surface area contributed by atoms with E-state index in [9.17, 15) is 32.9 Å². The van der Waals surface area contributed by atoms with Gasteiger partial charge in [-0.15, -0.1) is 0 Å². The quantitative estimate of drug-likeness (QED) is 0.301. The van der Waals surface area contributed by atoms with E-state index >= 15 is 0 Å². The van der Waals surface area contributed by atoms with Gasteiger partial charge in [-0.25, -0.2) is 4.79 Å². The molecule has 3 rings (SSSR count). The van der Waals surface area contributed by atoms with Crippen LogP contribution in [0.4, 0.5) is 18.9 Å². The Bertz CT molecular complexity index is 1190. The molecule has 0 saturated carbocycles. The highest BCUT2D eigenvalue weighted by molar-refractivity contribution is 5.76. The van der Waals surface area contributed by atoms with Crippen LogP contribution in [0.25, 0.3) is 11.1 Å². The number of carbonyl (C=O) groups excluding carboxylic acids is 1. The number of ether oxygens (including phenoxy) is 1. The van der Waals surface area contributed by atoms with Crippen LogP contribution in [0.1, 0.15) is 18.4 Å². The molecule has 0 atom stereocenters. The van der Waals surface area contributed by atoms with E-state index in [4.69, 9.17) is 9.15 Å². The Hall–Kier alpha value is -3.83. The third kappa shape index (κ3) is 5.65. The summed E-state index contributed by atoms with van der Waals surface area (Å²) in [6.07, 6.45) is -4.09. The first kappa shape index (κ1) is 22.8. The predicted octanol–water partition coefficient (Wildman–Crippen LogP) is 3.50.